The molecule has 0 unspecified atom stereocenters. The highest BCUT2D eigenvalue weighted by molar-refractivity contribution is 6.26. The first kappa shape index (κ1) is 33.2. The summed E-state index contributed by atoms with van der Waals surface area (Å²) in [5, 5.41) is 10.6. The average molecular weight is 752 g/mol. The van der Waals surface area contributed by atoms with Crippen LogP contribution >= 0.6 is 0 Å². The lowest BCUT2D eigenvalue weighted by Crippen LogP contribution is -1.96. The van der Waals surface area contributed by atoms with E-state index in [1.54, 1.807) is 0 Å². The predicted octanol–water partition coefficient (Wildman–Crippen LogP) is 14.7. The van der Waals surface area contributed by atoms with Gasteiger partial charge in [0.2, 0.25) is 0 Å². The van der Waals surface area contributed by atoms with E-state index in [2.05, 4.69) is 152 Å². The van der Waals surface area contributed by atoms with Crippen LogP contribution in [0, 0.1) is 0 Å². The van der Waals surface area contributed by atoms with Gasteiger partial charge in [0.25, 0.3) is 0 Å². The highest BCUT2D eigenvalue weighted by Gasteiger charge is 2.20. The summed E-state index contributed by atoms with van der Waals surface area (Å²) in [4.78, 5) is 15.5. The Kier molecular flexibility index (Phi) is 7.50. The molecule has 0 aliphatic heterocycles. The van der Waals surface area contributed by atoms with Gasteiger partial charge in [-0.25, -0.2) is 15.0 Å². The number of benzene rings is 9. The molecule has 0 amide bonds. The largest absolute Gasteiger partial charge is 0.454 e. The van der Waals surface area contributed by atoms with Crippen molar-refractivity contribution >= 4 is 65.2 Å². The normalized spacial score (nSPS) is 11.7. The molecule has 0 spiro atoms. The maximum absolute atomic E-state index is 6.68. The van der Waals surface area contributed by atoms with E-state index in [9.17, 15) is 0 Å². The van der Waals surface area contributed by atoms with Crippen molar-refractivity contribution in [3.8, 4) is 56.3 Å². The Morgan fingerprint density at radius 3 is 1.44 bits per heavy atom. The molecule has 0 bridgehead atoms. The van der Waals surface area contributed by atoms with Crippen molar-refractivity contribution in [2.45, 2.75) is 0 Å². The third-order valence-corrected chi connectivity index (χ3v) is 11.7. The number of rotatable bonds is 5. The van der Waals surface area contributed by atoms with Crippen molar-refractivity contribution in [1.29, 1.82) is 0 Å². The number of hydrogen-bond donors (Lipinski definition) is 0. The lowest BCUT2D eigenvalue weighted by Gasteiger charge is -2.13. The first-order valence-electron chi connectivity index (χ1n) is 19.9. The quantitative estimate of drug-likeness (QED) is 0.164. The minimum atomic E-state index is 0.687. The predicted molar refractivity (Wildman–Crippen MR) is 244 cm³/mol. The molecule has 0 saturated heterocycles. The van der Waals surface area contributed by atoms with Gasteiger partial charge in [0.15, 0.2) is 11.4 Å². The Hall–Kier alpha value is -7.95. The zero-order chi connectivity index (χ0) is 38.9. The van der Waals surface area contributed by atoms with E-state index in [0.29, 0.717) is 5.82 Å². The van der Waals surface area contributed by atoms with Crippen molar-refractivity contribution < 1.29 is 4.42 Å². The van der Waals surface area contributed by atoms with Crippen LogP contribution in [0.3, 0.4) is 0 Å². The molecule has 0 aliphatic carbocycles. The fourth-order valence-electron chi connectivity index (χ4n) is 8.82. The van der Waals surface area contributed by atoms with Gasteiger partial charge in [0.1, 0.15) is 11.3 Å². The van der Waals surface area contributed by atoms with Crippen LogP contribution in [0.1, 0.15) is 0 Å². The van der Waals surface area contributed by atoms with Crippen LogP contribution < -0.4 is 0 Å². The number of fused-ring (bicyclic) bond motifs is 11. The number of para-hydroxylation sites is 1. The summed E-state index contributed by atoms with van der Waals surface area (Å²) in [5.41, 5.74) is 11.4. The molecule has 0 saturated carbocycles. The van der Waals surface area contributed by atoms with E-state index in [4.69, 9.17) is 19.4 Å². The van der Waals surface area contributed by atoms with Crippen molar-refractivity contribution in [2.75, 3.05) is 0 Å². The monoisotopic (exact) mass is 751 g/mol. The van der Waals surface area contributed by atoms with Crippen LogP contribution in [-0.4, -0.2) is 15.0 Å². The molecule has 0 aliphatic rings. The highest BCUT2D eigenvalue weighted by atomic mass is 16.3. The van der Waals surface area contributed by atoms with Crippen LogP contribution in [0.4, 0.5) is 0 Å². The summed E-state index contributed by atoms with van der Waals surface area (Å²) < 4.78 is 6.68. The maximum Gasteiger partial charge on any atom is 0.162 e. The van der Waals surface area contributed by atoms with E-state index in [-0.39, 0.29) is 0 Å². The summed E-state index contributed by atoms with van der Waals surface area (Å²) in [7, 11) is 0. The van der Waals surface area contributed by atoms with Crippen molar-refractivity contribution in [3.63, 3.8) is 0 Å². The zero-order valence-electron chi connectivity index (χ0n) is 31.8. The van der Waals surface area contributed by atoms with E-state index in [1.807, 2.05) is 48.5 Å². The topological polar surface area (TPSA) is 51.8 Å². The van der Waals surface area contributed by atoms with Crippen molar-refractivity contribution in [2.24, 2.45) is 0 Å². The molecule has 12 rings (SSSR count). The van der Waals surface area contributed by atoms with E-state index < -0.39 is 0 Å². The Bertz CT molecular complexity index is 3500. The molecule has 4 heteroatoms. The first-order valence-corrected chi connectivity index (χ1v) is 19.9. The summed E-state index contributed by atoms with van der Waals surface area (Å²) in [5.74, 6) is 0.687. The van der Waals surface area contributed by atoms with Gasteiger partial charge >= 0.3 is 0 Å². The van der Waals surface area contributed by atoms with Gasteiger partial charge in [0, 0.05) is 38.4 Å². The van der Waals surface area contributed by atoms with E-state index >= 15 is 0 Å². The molecule has 0 radical (unpaired) electrons. The standard InChI is InChI=1S/C55H33N3O/c1-3-13-35(14-4-1)48-33-49(36-15-5-2-6-16-36)58-55(57-48)37-25-23-34(24-26-37)38-27-30-45-50(32-38)56-53(54-52(45)46-21-11-12-22-51(46)59-54)39-28-29-44-42-19-8-7-17-40(42)41-18-9-10-20-43(41)47(44)31-39/h1-33H. The van der Waals surface area contributed by atoms with Crippen LogP contribution in [0.2, 0.25) is 0 Å². The molecule has 9 aromatic carbocycles. The molecule has 12 aromatic rings. The summed E-state index contributed by atoms with van der Waals surface area (Å²) in [6.45, 7) is 0. The third-order valence-electron chi connectivity index (χ3n) is 11.7. The lowest BCUT2D eigenvalue weighted by atomic mass is 9.92. The smallest absolute Gasteiger partial charge is 0.162 e. The second kappa shape index (κ2) is 13.3. The van der Waals surface area contributed by atoms with Crippen LogP contribution in [0.15, 0.2) is 205 Å². The highest BCUT2D eigenvalue weighted by Crippen LogP contribution is 2.43. The van der Waals surface area contributed by atoms with Crippen molar-refractivity contribution in [3.05, 3.63) is 200 Å². The Morgan fingerprint density at radius 2 is 0.797 bits per heavy atom. The third kappa shape index (κ3) is 5.49. The first-order chi connectivity index (χ1) is 29.2. The number of hydrogen-bond acceptors (Lipinski definition) is 4. The minimum absolute atomic E-state index is 0.687. The second-order valence-electron chi connectivity index (χ2n) is 15.1. The Balaban J connectivity index is 1.00. The van der Waals surface area contributed by atoms with Crippen LogP contribution in [0.25, 0.3) is 121 Å². The molecule has 0 fully saturated rings. The summed E-state index contributed by atoms with van der Waals surface area (Å²) in [6.07, 6.45) is 0. The molecule has 3 aromatic heterocycles. The van der Waals surface area contributed by atoms with E-state index in [0.717, 1.165) is 83.3 Å². The van der Waals surface area contributed by atoms with E-state index in [1.165, 1.54) is 32.3 Å². The van der Waals surface area contributed by atoms with Gasteiger partial charge in [-0.1, -0.05) is 176 Å². The van der Waals surface area contributed by atoms with Gasteiger partial charge in [0.05, 0.1) is 16.9 Å². The molecule has 59 heavy (non-hydrogen) atoms. The SMILES string of the molecule is c1ccc(-c2cc(-c3ccccc3)nc(-c3ccc(-c4ccc5c(c4)nc(-c4ccc6c7ccccc7c7ccccc7c6c4)c4oc6ccccc6c45)cc3)n2)cc1. The summed E-state index contributed by atoms with van der Waals surface area (Å²) >= 11 is 0. The summed E-state index contributed by atoms with van der Waals surface area (Å²) in [6, 6.07) is 70.2. The maximum atomic E-state index is 6.68. The fraction of sp³-hybridized carbons (Fsp3) is 0. The van der Waals surface area contributed by atoms with Gasteiger partial charge in [-0.2, -0.15) is 0 Å². The fourth-order valence-corrected chi connectivity index (χ4v) is 8.82. The molecule has 0 N–H and O–H groups in total. The lowest BCUT2D eigenvalue weighted by molar-refractivity contribution is 0.669. The number of pyridine rings is 1. The van der Waals surface area contributed by atoms with Gasteiger partial charge < -0.3 is 4.42 Å². The van der Waals surface area contributed by atoms with Crippen LogP contribution in [0.5, 0.6) is 0 Å². The second-order valence-corrected chi connectivity index (χ2v) is 15.1. The number of nitrogens with zero attached hydrogens (tertiary/aromatic N) is 3. The van der Waals surface area contributed by atoms with Gasteiger partial charge in [-0.15, -0.1) is 0 Å². The zero-order valence-corrected chi connectivity index (χ0v) is 31.8. The Morgan fingerprint density at radius 1 is 0.305 bits per heavy atom. The average Bonchev–Trinajstić information content (AvgIpc) is 3.72. The van der Waals surface area contributed by atoms with Gasteiger partial charge in [-0.3, -0.25) is 0 Å². The number of furan rings is 1. The molecular weight excluding hydrogens is 719 g/mol. The molecule has 4 nitrogen and oxygen atoms in total. The Labute approximate surface area is 339 Å². The van der Waals surface area contributed by atoms with Crippen molar-refractivity contribution in [1.82, 2.24) is 15.0 Å². The molecule has 3 heterocycles. The molecule has 274 valence electrons. The van der Waals surface area contributed by atoms with Crippen LogP contribution in [-0.2, 0) is 0 Å². The molecular formula is C55H33N3O. The molecule has 0 atom stereocenters. The van der Waals surface area contributed by atoms with Gasteiger partial charge in [-0.05, 0) is 67.7 Å². The minimum Gasteiger partial charge on any atom is -0.454 e. The number of aromatic nitrogens is 3.